The molecule has 1 aliphatic rings. The Bertz CT molecular complexity index is 170. The van der Waals surface area contributed by atoms with Crippen LogP contribution in [-0.2, 0) is 4.79 Å². The SMILES string of the molecule is CC(C)C(=O)N1CCCC(S)C1. The van der Waals surface area contributed by atoms with E-state index in [9.17, 15) is 4.79 Å². The van der Waals surface area contributed by atoms with E-state index in [0.717, 1.165) is 25.9 Å². The molecule has 1 unspecified atom stereocenters. The molecule has 0 aliphatic carbocycles. The van der Waals surface area contributed by atoms with Crippen molar-refractivity contribution in [2.75, 3.05) is 13.1 Å². The second-order valence-corrected chi connectivity index (χ2v) is 4.47. The molecule has 0 bridgehead atoms. The zero-order valence-electron chi connectivity index (χ0n) is 7.79. The van der Waals surface area contributed by atoms with Crippen molar-refractivity contribution in [1.82, 2.24) is 4.90 Å². The minimum absolute atomic E-state index is 0.128. The van der Waals surface area contributed by atoms with Crippen molar-refractivity contribution in [3.63, 3.8) is 0 Å². The van der Waals surface area contributed by atoms with Gasteiger partial charge in [-0.1, -0.05) is 13.8 Å². The molecule has 0 radical (unpaired) electrons. The van der Waals surface area contributed by atoms with Gasteiger partial charge in [0, 0.05) is 24.3 Å². The molecule has 2 nitrogen and oxygen atoms in total. The highest BCUT2D eigenvalue weighted by molar-refractivity contribution is 7.81. The smallest absolute Gasteiger partial charge is 0.225 e. The van der Waals surface area contributed by atoms with Gasteiger partial charge in [0.25, 0.3) is 0 Å². The number of nitrogens with zero attached hydrogens (tertiary/aromatic N) is 1. The summed E-state index contributed by atoms with van der Waals surface area (Å²) in [6.45, 7) is 5.66. The van der Waals surface area contributed by atoms with Crippen molar-refractivity contribution in [1.29, 1.82) is 0 Å². The van der Waals surface area contributed by atoms with Gasteiger partial charge >= 0.3 is 0 Å². The van der Waals surface area contributed by atoms with Crippen molar-refractivity contribution in [3.05, 3.63) is 0 Å². The lowest BCUT2D eigenvalue weighted by atomic mass is 10.1. The zero-order chi connectivity index (χ0) is 9.14. The molecule has 1 heterocycles. The second kappa shape index (κ2) is 4.17. The van der Waals surface area contributed by atoms with Crippen molar-refractivity contribution >= 4 is 18.5 Å². The Morgan fingerprint density at radius 3 is 2.75 bits per heavy atom. The Morgan fingerprint density at radius 1 is 1.58 bits per heavy atom. The van der Waals surface area contributed by atoms with E-state index in [0.29, 0.717) is 5.25 Å². The van der Waals surface area contributed by atoms with Crippen LogP contribution in [0.4, 0.5) is 0 Å². The van der Waals surface area contributed by atoms with Gasteiger partial charge < -0.3 is 4.90 Å². The first-order valence-corrected chi connectivity index (χ1v) is 5.09. The minimum atomic E-state index is 0.128. The van der Waals surface area contributed by atoms with Gasteiger partial charge in [0.1, 0.15) is 0 Å². The molecule has 0 aromatic carbocycles. The summed E-state index contributed by atoms with van der Waals surface area (Å²) in [7, 11) is 0. The number of thiol groups is 1. The van der Waals surface area contributed by atoms with Gasteiger partial charge in [0.15, 0.2) is 0 Å². The quantitative estimate of drug-likeness (QED) is 0.618. The fourth-order valence-electron chi connectivity index (χ4n) is 1.52. The van der Waals surface area contributed by atoms with Crippen molar-refractivity contribution < 1.29 is 4.79 Å². The molecule has 0 N–H and O–H groups in total. The zero-order valence-corrected chi connectivity index (χ0v) is 8.68. The lowest BCUT2D eigenvalue weighted by Crippen LogP contribution is -2.42. The number of piperidine rings is 1. The van der Waals surface area contributed by atoms with Crippen LogP contribution in [0.2, 0.25) is 0 Å². The van der Waals surface area contributed by atoms with Gasteiger partial charge in [-0.25, -0.2) is 0 Å². The Labute approximate surface area is 79.7 Å². The van der Waals surface area contributed by atoms with Crippen LogP contribution >= 0.6 is 12.6 Å². The summed E-state index contributed by atoms with van der Waals surface area (Å²) in [4.78, 5) is 13.5. The van der Waals surface area contributed by atoms with Crippen LogP contribution in [0, 0.1) is 5.92 Å². The molecule has 1 aliphatic heterocycles. The number of likely N-dealkylation sites (tertiary alicyclic amines) is 1. The summed E-state index contributed by atoms with van der Waals surface area (Å²) in [5.74, 6) is 0.400. The van der Waals surface area contributed by atoms with Crippen LogP contribution < -0.4 is 0 Å². The first kappa shape index (κ1) is 9.90. The van der Waals surface area contributed by atoms with E-state index in [4.69, 9.17) is 0 Å². The number of hydrogen-bond acceptors (Lipinski definition) is 2. The molecule has 1 saturated heterocycles. The topological polar surface area (TPSA) is 20.3 Å². The minimum Gasteiger partial charge on any atom is -0.341 e. The summed E-state index contributed by atoms with van der Waals surface area (Å²) in [6, 6.07) is 0. The van der Waals surface area contributed by atoms with E-state index in [1.165, 1.54) is 0 Å². The van der Waals surface area contributed by atoms with E-state index in [1.807, 2.05) is 18.7 Å². The standard InChI is InChI=1S/C9H17NOS/c1-7(2)9(11)10-5-3-4-8(12)6-10/h7-8,12H,3-6H2,1-2H3. The molecule has 1 fully saturated rings. The summed E-state index contributed by atoms with van der Waals surface area (Å²) >= 11 is 4.39. The van der Waals surface area contributed by atoms with Crippen molar-refractivity contribution in [3.8, 4) is 0 Å². The predicted molar refractivity (Wildman–Crippen MR) is 53.4 cm³/mol. The van der Waals surface area contributed by atoms with Gasteiger partial charge in [0.05, 0.1) is 0 Å². The third-order valence-corrected chi connectivity index (χ3v) is 2.62. The molecule has 3 heteroatoms. The van der Waals surface area contributed by atoms with E-state index < -0.39 is 0 Å². The number of carbonyl (C=O) groups is 1. The van der Waals surface area contributed by atoms with Gasteiger partial charge in [-0.2, -0.15) is 12.6 Å². The molecule has 12 heavy (non-hydrogen) atoms. The van der Waals surface area contributed by atoms with Crippen molar-refractivity contribution in [2.45, 2.75) is 31.9 Å². The fourth-order valence-corrected chi connectivity index (χ4v) is 1.90. The van der Waals surface area contributed by atoms with Crippen LogP contribution in [0.25, 0.3) is 0 Å². The largest absolute Gasteiger partial charge is 0.341 e. The van der Waals surface area contributed by atoms with E-state index in [2.05, 4.69) is 12.6 Å². The molecule has 0 spiro atoms. The van der Waals surface area contributed by atoms with Crippen LogP contribution in [0.1, 0.15) is 26.7 Å². The maximum atomic E-state index is 11.5. The Balaban J connectivity index is 2.46. The second-order valence-electron chi connectivity index (χ2n) is 3.74. The number of carbonyl (C=O) groups excluding carboxylic acids is 1. The summed E-state index contributed by atoms with van der Waals surface area (Å²) < 4.78 is 0. The van der Waals surface area contributed by atoms with E-state index in [-0.39, 0.29) is 11.8 Å². The van der Waals surface area contributed by atoms with Gasteiger partial charge in [-0.15, -0.1) is 0 Å². The molecule has 0 aromatic rings. The van der Waals surface area contributed by atoms with Crippen LogP contribution in [-0.4, -0.2) is 29.1 Å². The third kappa shape index (κ3) is 2.41. The van der Waals surface area contributed by atoms with Gasteiger partial charge in [0.2, 0.25) is 5.91 Å². The average molecular weight is 187 g/mol. The third-order valence-electron chi connectivity index (χ3n) is 2.20. The van der Waals surface area contributed by atoms with E-state index in [1.54, 1.807) is 0 Å². The molecular weight excluding hydrogens is 170 g/mol. The summed E-state index contributed by atoms with van der Waals surface area (Å²) in [6.07, 6.45) is 2.25. The predicted octanol–water partition coefficient (Wildman–Crippen LogP) is 1.56. The van der Waals surface area contributed by atoms with Gasteiger partial charge in [-0.3, -0.25) is 4.79 Å². The van der Waals surface area contributed by atoms with Crippen LogP contribution in [0.3, 0.4) is 0 Å². The van der Waals surface area contributed by atoms with Gasteiger partial charge in [-0.05, 0) is 12.8 Å². The fraction of sp³-hybridized carbons (Fsp3) is 0.889. The van der Waals surface area contributed by atoms with Crippen molar-refractivity contribution in [2.24, 2.45) is 5.92 Å². The van der Waals surface area contributed by atoms with E-state index >= 15 is 0 Å². The summed E-state index contributed by atoms with van der Waals surface area (Å²) in [5.41, 5.74) is 0. The molecule has 1 atom stereocenters. The molecular formula is C9H17NOS. The first-order valence-electron chi connectivity index (χ1n) is 4.58. The monoisotopic (exact) mass is 187 g/mol. The number of amides is 1. The number of hydrogen-bond donors (Lipinski definition) is 1. The highest BCUT2D eigenvalue weighted by Gasteiger charge is 2.22. The lowest BCUT2D eigenvalue weighted by molar-refractivity contribution is -0.135. The number of rotatable bonds is 1. The Morgan fingerprint density at radius 2 is 2.25 bits per heavy atom. The van der Waals surface area contributed by atoms with Crippen LogP contribution in [0.5, 0.6) is 0 Å². The highest BCUT2D eigenvalue weighted by atomic mass is 32.1. The molecule has 1 rings (SSSR count). The molecule has 1 amide bonds. The highest BCUT2D eigenvalue weighted by Crippen LogP contribution is 2.16. The summed E-state index contributed by atoms with van der Waals surface area (Å²) in [5, 5.41) is 0.390. The molecule has 0 aromatic heterocycles. The maximum absolute atomic E-state index is 11.5. The lowest BCUT2D eigenvalue weighted by Gasteiger charge is -2.31. The molecule has 70 valence electrons. The Hall–Kier alpha value is -0.180. The first-order chi connectivity index (χ1) is 5.61. The molecule has 0 saturated carbocycles. The Kier molecular flexibility index (Phi) is 3.44. The average Bonchev–Trinajstić information content (AvgIpc) is 2.03. The van der Waals surface area contributed by atoms with Crippen LogP contribution in [0.15, 0.2) is 0 Å². The maximum Gasteiger partial charge on any atom is 0.225 e. The normalized spacial score (nSPS) is 24.7.